The number of benzene rings is 3. The molecule has 0 amide bonds. The molecule has 3 nitrogen and oxygen atoms in total. The number of nitrogens with one attached hydrogen (secondary N) is 1. The molecule has 4 aromatic rings. The first kappa shape index (κ1) is 19.9. The van der Waals surface area contributed by atoms with E-state index in [1.54, 1.807) is 25.1 Å². The Bertz CT molecular complexity index is 1470. The first-order chi connectivity index (χ1) is 14.7. The Kier molecular flexibility index (Phi) is 4.52. The van der Waals surface area contributed by atoms with Gasteiger partial charge in [-0.25, -0.2) is 17.2 Å². The summed E-state index contributed by atoms with van der Waals surface area (Å²) in [6, 6.07) is 14.0. The van der Waals surface area contributed by atoms with Crippen LogP contribution in [0.2, 0.25) is 0 Å². The molecule has 0 fully saturated rings. The van der Waals surface area contributed by atoms with Crippen molar-refractivity contribution in [3.8, 4) is 22.4 Å². The van der Waals surface area contributed by atoms with Gasteiger partial charge >= 0.3 is 0 Å². The zero-order valence-electron chi connectivity index (χ0n) is 17.2. The number of hydrogen-bond donors (Lipinski definition) is 1. The molecule has 0 spiro atoms. The molecule has 1 aromatic heterocycles. The summed E-state index contributed by atoms with van der Waals surface area (Å²) in [7, 11) is -3.11. The Morgan fingerprint density at radius 3 is 2.48 bits per heavy atom. The summed E-state index contributed by atoms with van der Waals surface area (Å²) < 4.78 is 52.8. The molecule has 158 valence electrons. The van der Waals surface area contributed by atoms with E-state index in [4.69, 9.17) is 0 Å². The van der Waals surface area contributed by atoms with Gasteiger partial charge in [0.2, 0.25) is 0 Å². The smallest absolute Gasteiger partial charge is 0.155 e. The first-order valence-electron chi connectivity index (χ1n) is 10.1. The van der Waals surface area contributed by atoms with Crippen molar-refractivity contribution in [3.05, 3.63) is 82.4 Å². The van der Waals surface area contributed by atoms with Crippen LogP contribution in [-0.2, 0) is 28.4 Å². The zero-order chi connectivity index (χ0) is 21.9. The van der Waals surface area contributed by atoms with Gasteiger partial charge in [-0.3, -0.25) is 0 Å². The number of H-pyrrole nitrogens is 1. The number of halogens is 2. The van der Waals surface area contributed by atoms with Crippen molar-refractivity contribution in [2.24, 2.45) is 0 Å². The van der Waals surface area contributed by atoms with E-state index in [2.05, 4.69) is 4.98 Å². The van der Waals surface area contributed by atoms with Gasteiger partial charge < -0.3 is 4.98 Å². The molecule has 1 N–H and O–H groups in total. The lowest BCUT2D eigenvalue weighted by atomic mass is 9.88. The molecular formula is C25H21F2NO2S. The van der Waals surface area contributed by atoms with Crippen LogP contribution in [0.15, 0.2) is 48.5 Å². The average molecular weight is 438 g/mol. The summed E-state index contributed by atoms with van der Waals surface area (Å²) in [6.45, 7) is 1.68. The minimum atomic E-state index is -3.11. The largest absolute Gasteiger partial charge is 0.352 e. The lowest BCUT2D eigenvalue weighted by Crippen LogP contribution is -2.06. The van der Waals surface area contributed by atoms with Gasteiger partial charge in [0.05, 0.1) is 17.0 Å². The molecule has 1 aliphatic rings. The molecule has 1 aliphatic carbocycles. The van der Waals surface area contributed by atoms with E-state index in [1.807, 2.05) is 24.3 Å². The Hall–Kier alpha value is -2.99. The molecule has 3 aromatic carbocycles. The molecule has 1 heterocycles. The quantitative estimate of drug-likeness (QED) is 0.445. The number of aromatic nitrogens is 1. The van der Waals surface area contributed by atoms with E-state index in [1.165, 1.54) is 12.3 Å². The van der Waals surface area contributed by atoms with Gasteiger partial charge in [0.15, 0.2) is 15.7 Å². The van der Waals surface area contributed by atoms with E-state index in [0.717, 1.165) is 46.2 Å². The van der Waals surface area contributed by atoms with E-state index >= 15 is 4.39 Å². The number of hydrogen-bond acceptors (Lipinski definition) is 2. The van der Waals surface area contributed by atoms with Crippen LogP contribution in [0.1, 0.15) is 22.3 Å². The molecule has 31 heavy (non-hydrogen) atoms. The maximum absolute atomic E-state index is 15.5. The Labute approximate surface area is 179 Å². The minimum absolute atomic E-state index is 0.00490. The average Bonchev–Trinajstić information content (AvgIpc) is 3.09. The predicted molar refractivity (Wildman–Crippen MR) is 120 cm³/mol. The van der Waals surface area contributed by atoms with Crippen LogP contribution in [0.25, 0.3) is 33.3 Å². The van der Waals surface area contributed by atoms with E-state index in [-0.39, 0.29) is 11.6 Å². The molecule has 0 saturated carbocycles. The third-order valence-corrected chi connectivity index (χ3v) is 6.87. The van der Waals surface area contributed by atoms with Crippen LogP contribution < -0.4 is 0 Å². The maximum Gasteiger partial charge on any atom is 0.155 e. The monoisotopic (exact) mass is 437 g/mol. The number of aromatic amines is 1. The topological polar surface area (TPSA) is 49.9 Å². The predicted octanol–water partition coefficient (Wildman–Crippen LogP) is 5.73. The normalized spacial score (nSPS) is 13.3. The highest BCUT2D eigenvalue weighted by Crippen LogP contribution is 2.40. The molecular weight excluding hydrogens is 416 g/mol. The Balaban J connectivity index is 1.63. The van der Waals surface area contributed by atoms with Gasteiger partial charge in [-0.15, -0.1) is 0 Å². The zero-order valence-corrected chi connectivity index (χ0v) is 18.0. The highest BCUT2D eigenvalue weighted by Gasteiger charge is 2.24. The van der Waals surface area contributed by atoms with Crippen molar-refractivity contribution in [1.29, 1.82) is 0 Å². The van der Waals surface area contributed by atoms with E-state index < -0.39 is 15.7 Å². The fraction of sp³-hybridized carbons (Fsp3) is 0.200. The van der Waals surface area contributed by atoms with Crippen LogP contribution in [0.4, 0.5) is 8.78 Å². The standard InChI is InChI=1S/C25H21F2NO2S/c1-14-3-5-17(12-22(14)26)18-9-10-21-20-8-6-16-11-15(13-31(2,29)30)4-7-19(16)24(20)28-25(21)23(18)27/h3-5,7,9-12,28H,6,8,13H2,1-2H3. The summed E-state index contributed by atoms with van der Waals surface area (Å²) >= 11 is 0. The van der Waals surface area contributed by atoms with Gasteiger partial charge in [-0.05, 0) is 53.6 Å². The van der Waals surface area contributed by atoms with Crippen molar-refractivity contribution in [1.82, 2.24) is 4.98 Å². The van der Waals surface area contributed by atoms with Crippen LogP contribution in [0, 0.1) is 18.6 Å². The fourth-order valence-electron chi connectivity index (χ4n) is 4.51. The van der Waals surface area contributed by atoms with Crippen LogP contribution in [-0.4, -0.2) is 19.7 Å². The lowest BCUT2D eigenvalue weighted by molar-refractivity contribution is 0.601. The highest BCUT2D eigenvalue weighted by atomic mass is 32.2. The molecule has 0 saturated heterocycles. The first-order valence-corrected chi connectivity index (χ1v) is 12.2. The Morgan fingerprint density at radius 2 is 1.74 bits per heavy atom. The van der Waals surface area contributed by atoms with Crippen molar-refractivity contribution >= 4 is 20.7 Å². The second-order valence-corrected chi connectivity index (χ2v) is 10.5. The summed E-state index contributed by atoms with van der Waals surface area (Å²) in [5.74, 6) is -0.753. The van der Waals surface area contributed by atoms with Crippen LogP contribution >= 0.6 is 0 Å². The van der Waals surface area contributed by atoms with Crippen molar-refractivity contribution < 1.29 is 17.2 Å². The molecule has 0 aliphatic heterocycles. The lowest BCUT2D eigenvalue weighted by Gasteiger charge is -2.17. The van der Waals surface area contributed by atoms with Crippen LogP contribution in [0.3, 0.4) is 0 Å². The Morgan fingerprint density at radius 1 is 0.968 bits per heavy atom. The number of sulfone groups is 1. The van der Waals surface area contributed by atoms with Crippen molar-refractivity contribution in [2.75, 3.05) is 6.26 Å². The number of aryl methyl sites for hydroxylation is 3. The number of fused-ring (bicyclic) bond motifs is 5. The third kappa shape index (κ3) is 3.45. The molecule has 6 heteroatoms. The van der Waals surface area contributed by atoms with Gasteiger partial charge in [-0.2, -0.15) is 0 Å². The summed E-state index contributed by atoms with van der Waals surface area (Å²) in [5.41, 5.74) is 6.50. The summed E-state index contributed by atoms with van der Waals surface area (Å²) in [4.78, 5) is 3.26. The van der Waals surface area contributed by atoms with Crippen molar-refractivity contribution in [2.45, 2.75) is 25.5 Å². The van der Waals surface area contributed by atoms with E-state index in [0.29, 0.717) is 22.2 Å². The van der Waals surface area contributed by atoms with Gasteiger partial charge in [0, 0.05) is 22.8 Å². The van der Waals surface area contributed by atoms with Gasteiger partial charge in [-0.1, -0.05) is 42.5 Å². The SMILES string of the molecule is Cc1ccc(-c2ccc3c4c([nH]c3c2F)-c2ccc(CS(C)(=O)=O)cc2CC4)cc1F. The van der Waals surface area contributed by atoms with Crippen LogP contribution in [0.5, 0.6) is 0 Å². The minimum Gasteiger partial charge on any atom is -0.352 e. The van der Waals surface area contributed by atoms with E-state index in [9.17, 15) is 12.8 Å². The maximum atomic E-state index is 15.5. The molecule has 0 radical (unpaired) electrons. The number of rotatable bonds is 3. The van der Waals surface area contributed by atoms with Crippen molar-refractivity contribution in [3.63, 3.8) is 0 Å². The molecule has 5 rings (SSSR count). The molecule has 0 unspecified atom stereocenters. The summed E-state index contributed by atoms with van der Waals surface area (Å²) in [6.07, 6.45) is 2.73. The van der Waals surface area contributed by atoms with Gasteiger partial charge in [0.1, 0.15) is 5.82 Å². The fourth-order valence-corrected chi connectivity index (χ4v) is 5.29. The second-order valence-electron chi connectivity index (χ2n) is 8.35. The molecule has 0 atom stereocenters. The highest BCUT2D eigenvalue weighted by molar-refractivity contribution is 7.89. The molecule has 0 bridgehead atoms. The summed E-state index contributed by atoms with van der Waals surface area (Å²) in [5, 5.41) is 0.828. The third-order valence-electron chi connectivity index (χ3n) is 6.01. The van der Waals surface area contributed by atoms with Gasteiger partial charge in [0.25, 0.3) is 0 Å². The second kappa shape index (κ2) is 7.02.